The third-order valence-electron chi connectivity index (χ3n) is 2.25. The summed E-state index contributed by atoms with van der Waals surface area (Å²) in [5.41, 5.74) is 0.635. The van der Waals surface area contributed by atoms with Gasteiger partial charge in [0, 0.05) is 24.8 Å². The summed E-state index contributed by atoms with van der Waals surface area (Å²) in [5.74, 6) is -1.07. The fraction of sp³-hybridized carbons (Fsp3) is 0.300. The number of furan rings is 1. The molecular weight excluding hydrogens is 224 g/mol. The normalized spacial score (nSPS) is 10.6. The lowest BCUT2D eigenvalue weighted by Crippen LogP contribution is -2.20. The molecule has 0 aliphatic carbocycles. The largest absolute Gasteiger partial charge is 0.475 e. The van der Waals surface area contributed by atoms with Gasteiger partial charge in [0.2, 0.25) is 5.76 Å². The minimum absolute atomic E-state index is 0.0155. The number of hydrogen-bond donors (Lipinski definition) is 2. The van der Waals surface area contributed by atoms with Crippen LogP contribution in [-0.4, -0.2) is 32.6 Å². The standard InChI is InChI=1S/C10H12N4O3/c15-10(16)9-8(1-6-17-9)7-11-2-4-14-5-3-12-13-14/h1,3,5-6,11H,2,4,7H2,(H,15,16). The van der Waals surface area contributed by atoms with E-state index >= 15 is 0 Å². The maximum atomic E-state index is 10.8. The molecule has 0 fully saturated rings. The van der Waals surface area contributed by atoms with Gasteiger partial charge in [0.05, 0.1) is 19.0 Å². The smallest absolute Gasteiger partial charge is 0.372 e. The van der Waals surface area contributed by atoms with Crippen LogP contribution < -0.4 is 5.32 Å². The van der Waals surface area contributed by atoms with E-state index < -0.39 is 5.97 Å². The van der Waals surface area contributed by atoms with E-state index in [-0.39, 0.29) is 5.76 Å². The summed E-state index contributed by atoms with van der Waals surface area (Å²) in [6.45, 7) is 1.81. The lowest BCUT2D eigenvalue weighted by atomic mass is 10.2. The predicted molar refractivity (Wildman–Crippen MR) is 57.4 cm³/mol. The summed E-state index contributed by atoms with van der Waals surface area (Å²) in [5, 5.41) is 19.4. The first-order valence-corrected chi connectivity index (χ1v) is 5.12. The zero-order chi connectivity index (χ0) is 12.1. The molecule has 0 saturated carbocycles. The summed E-state index contributed by atoms with van der Waals surface area (Å²) >= 11 is 0. The maximum Gasteiger partial charge on any atom is 0.372 e. The summed E-state index contributed by atoms with van der Waals surface area (Å²) in [6, 6.07) is 1.64. The fourth-order valence-electron chi connectivity index (χ4n) is 1.43. The van der Waals surface area contributed by atoms with Crippen LogP contribution in [-0.2, 0) is 13.1 Å². The molecule has 0 bridgehead atoms. The highest BCUT2D eigenvalue weighted by molar-refractivity contribution is 5.86. The summed E-state index contributed by atoms with van der Waals surface area (Å²) < 4.78 is 6.56. The number of carboxylic acid groups (broad SMARTS) is 1. The van der Waals surface area contributed by atoms with Crippen molar-refractivity contribution >= 4 is 5.97 Å². The number of aromatic carboxylic acids is 1. The lowest BCUT2D eigenvalue weighted by Gasteiger charge is -2.03. The van der Waals surface area contributed by atoms with Gasteiger partial charge in [0.1, 0.15) is 0 Å². The molecule has 0 saturated heterocycles. The predicted octanol–water partition coefficient (Wildman–Crippen LogP) is 0.359. The molecule has 2 heterocycles. The number of nitrogens with one attached hydrogen (secondary N) is 1. The molecule has 0 aromatic carbocycles. The molecule has 7 heteroatoms. The van der Waals surface area contributed by atoms with Crippen LogP contribution in [0.2, 0.25) is 0 Å². The van der Waals surface area contributed by atoms with E-state index in [4.69, 9.17) is 9.52 Å². The second-order valence-electron chi connectivity index (χ2n) is 3.42. The first-order chi connectivity index (χ1) is 8.27. The Hall–Kier alpha value is -2.15. The van der Waals surface area contributed by atoms with Crippen molar-refractivity contribution in [2.75, 3.05) is 6.54 Å². The van der Waals surface area contributed by atoms with Crippen LogP contribution >= 0.6 is 0 Å². The highest BCUT2D eigenvalue weighted by Gasteiger charge is 2.12. The molecule has 0 amide bonds. The third-order valence-corrected chi connectivity index (χ3v) is 2.25. The van der Waals surface area contributed by atoms with Crippen LogP contribution in [0.3, 0.4) is 0 Å². The average molecular weight is 236 g/mol. The molecule has 0 atom stereocenters. The van der Waals surface area contributed by atoms with E-state index in [0.717, 1.165) is 0 Å². The summed E-state index contributed by atoms with van der Waals surface area (Å²) in [6.07, 6.45) is 4.75. The number of hydrogen-bond acceptors (Lipinski definition) is 5. The van der Waals surface area contributed by atoms with Crippen LogP contribution in [0.4, 0.5) is 0 Å². The Balaban J connectivity index is 1.78. The molecule has 2 rings (SSSR count). The van der Waals surface area contributed by atoms with Crippen molar-refractivity contribution in [2.24, 2.45) is 0 Å². The van der Waals surface area contributed by atoms with E-state index in [9.17, 15) is 4.79 Å². The molecule has 0 aliphatic rings. The topological polar surface area (TPSA) is 93.2 Å². The number of aromatic nitrogens is 3. The lowest BCUT2D eigenvalue weighted by molar-refractivity contribution is 0.0660. The van der Waals surface area contributed by atoms with Crippen molar-refractivity contribution in [3.63, 3.8) is 0 Å². The molecule has 0 radical (unpaired) electrons. The Morgan fingerprint density at radius 2 is 2.47 bits per heavy atom. The SMILES string of the molecule is O=C(O)c1occc1CNCCn1ccnn1. The Kier molecular flexibility index (Phi) is 3.51. The molecule has 2 aromatic rings. The number of carbonyl (C=O) groups is 1. The summed E-state index contributed by atoms with van der Waals surface area (Å²) in [4.78, 5) is 10.8. The molecule has 0 spiro atoms. The molecule has 0 unspecified atom stereocenters. The van der Waals surface area contributed by atoms with E-state index in [1.165, 1.54) is 6.26 Å². The van der Waals surface area contributed by atoms with Crippen molar-refractivity contribution in [3.8, 4) is 0 Å². The monoisotopic (exact) mass is 236 g/mol. The number of carboxylic acids is 1. The maximum absolute atomic E-state index is 10.8. The van der Waals surface area contributed by atoms with Gasteiger partial charge in [-0.3, -0.25) is 4.68 Å². The Labute approximate surface area is 97.0 Å². The molecule has 17 heavy (non-hydrogen) atoms. The van der Waals surface area contributed by atoms with Gasteiger partial charge in [-0.1, -0.05) is 5.21 Å². The second-order valence-corrected chi connectivity index (χ2v) is 3.42. The van der Waals surface area contributed by atoms with Crippen LogP contribution in [0, 0.1) is 0 Å². The highest BCUT2D eigenvalue weighted by atomic mass is 16.4. The highest BCUT2D eigenvalue weighted by Crippen LogP contribution is 2.09. The van der Waals surface area contributed by atoms with Gasteiger partial charge < -0.3 is 14.8 Å². The van der Waals surface area contributed by atoms with Crippen LogP contribution in [0.5, 0.6) is 0 Å². The van der Waals surface area contributed by atoms with Crippen molar-refractivity contribution in [2.45, 2.75) is 13.1 Å². The number of nitrogens with zero attached hydrogens (tertiary/aromatic N) is 3. The first-order valence-electron chi connectivity index (χ1n) is 5.12. The van der Waals surface area contributed by atoms with Gasteiger partial charge in [-0.15, -0.1) is 5.10 Å². The van der Waals surface area contributed by atoms with Crippen molar-refractivity contribution in [3.05, 3.63) is 36.0 Å². The molecule has 7 nitrogen and oxygen atoms in total. The van der Waals surface area contributed by atoms with Gasteiger partial charge in [-0.2, -0.15) is 0 Å². The minimum Gasteiger partial charge on any atom is -0.475 e. The first kappa shape index (κ1) is 11.3. The third kappa shape index (κ3) is 2.91. The number of rotatable bonds is 6. The Morgan fingerprint density at radius 3 is 3.18 bits per heavy atom. The zero-order valence-corrected chi connectivity index (χ0v) is 9.04. The molecule has 2 aromatic heterocycles. The molecule has 90 valence electrons. The zero-order valence-electron chi connectivity index (χ0n) is 9.04. The minimum atomic E-state index is -1.05. The van der Waals surface area contributed by atoms with E-state index in [0.29, 0.717) is 25.2 Å². The molecular formula is C10H12N4O3. The Bertz CT molecular complexity index is 477. The van der Waals surface area contributed by atoms with E-state index in [1.54, 1.807) is 23.1 Å². The van der Waals surface area contributed by atoms with Crippen LogP contribution in [0.15, 0.2) is 29.1 Å². The van der Waals surface area contributed by atoms with E-state index in [1.807, 2.05) is 0 Å². The van der Waals surface area contributed by atoms with Crippen LogP contribution in [0.25, 0.3) is 0 Å². The van der Waals surface area contributed by atoms with Crippen LogP contribution in [0.1, 0.15) is 16.1 Å². The molecule has 0 aliphatic heterocycles. The van der Waals surface area contributed by atoms with E-state index in [2.05, 4.69) is 15.6 Å². The van der Waals surface area contributed by atoms with Gasteiger partial charge in [-0.05, 0) is 6.07 Å². The van der Waals surface area contributed by atoms with Gasteiger partial charge in [-0.25, -0.2) is 4.79 Å². The van der Waals surface area contributed by atoms with Gasteiger partial charge in [0.15, 0.2) is 0 Å². The molecule has 2 N–H and O–H groups in total. The Morgan fingerprint density at radius 1 is 1.59 bits per heavy atom. The quantitative estimate of drug-likeness (QED) is 0.703. The van der Waals surface area contributed by atoms with Gasteiger partial charge in [0.25, 0.3) is 0 Å². The van der Waals surface area contributed by atoms with Crippen molar-refractivity contribution in [1.29, 1.82) is 0 Å². The van der Waals surface area contributed by atoms with Gasteiger partial charge >= 0.3 is 5.97 Å². The summed E-state index contributed by atoms with van der Waals surface area (Å²) in [7, 11) is 0. The van der Waals surface area contributed by atoms with Crippen molar-refractivity contribution in [1.82, 2.24) is 20.3 Å². The average Bonchev–Trinajstić information content (AvgIpc) is 2.95. The second kappa shape index (κ2) is 5.26. The van der Waals surface area contributed by atoms with Crippen molar-refractivity contribution < 1.29 is 14.3 Å². The fourth-order valence-corrected chi connectivity index (χ4v) is 1.43.